The topological polar surface area (TPSA) is 9.86 Å². The number of hydrogen-bond donors (Lipinski definition) is 0. The number of nitrogens with zero attached hydrogens (tertiary/aromatic N) is 2. The molecule has 2 heterocycles. The van der Waals surface area contributed by atoms with Crippen molar-refractivity contribution in [2.75, 3.05) is 0 Å². The van der Waals surface area contributed by atoms with Gasteiger partial charge < -0.3 is 9.13 Å². The van der Waals surface area contributed by atoms with Gasteiger partial charge in [-0.05, 0) is 61.4 Å². The molecule has 6 aromatic rings. The molecule has 0 spiro atoms. The summed E-state index contributed by atoms with van der Waals surface area (Å²) in [6.45, 7) is 17.1. The predicted octanol–water partition coefficient (Wildman–Crippen LogP) is 9.80. The lowest BCUT2D eigenvalue weighted by Gasteiger charge is -2.27. The Morgan fingerprint density at radius 3 is 1.26 bits per heavy atom. The molecule has 192 valence electrons. The summed E-state index contributed by atoms with van der Waals surface area (Å²) in [6.07, 6.45) is 3.93. The van der Waals surface area contributed by atoms with Crippen LogP contribution >= 0.6 is 0 Å². The standard InChI is InChI=1S/C37H34N2/c1-7-31-25(3)38(35-15-11-9-13-33(31)35)29-21-17-27(18-22-29)37(5,6)28-19-23-30(24-20-28)39-26(4)32(8-2)34-14-10-12-16-36(34)39/h7-24H,1-2H2,3-6H3. The van der Waals surface area contributed by atoms with Crippen LogP contribution < -0.4 is 0 Å². The molecule has 0 radical (unpaired) electrons. The van der Waals surface area contributed by atoms with Gasteiger partial charge in [-0.1, -0.05) is 99.8 Å². The van der Waals surface area contributed by atoms with Crippen molar-refractivity contribution in [2.45, 2.75) is 33.1 Å². The van der Waals surface area contributed by atoms with E-state index >= 15 is 0 Å². The van der Waals surface area contributed by atoms with Crippen molar-refractivity contribution in [1.82, 2.24) is 9.13 Å². The highest BCUT2D eigenvalue weighted by atomic mass is 15.0. The van der Waals surface area contributed by atoms with E-state index in [1.807, 2.05) is 12.2 Å². The van der Waals surface area contributed by atoms with E-state index in [4.69, 9.17) is 0 Å². The summed E-state index contributed by atoms with van der Waals surface area (Å²) in [6, 6.07) is 35.1. The molecule has 0 aliphatic heterocycles. The Morgan fingerprint density at radius 2 is 0.897 bits per heavy atom. The first kappa shape index (κ1) is 24.8. The van der Waals surface area contributed by atoms with Crippen LogP contribution in [0.1, 0.15) is 47.5 Å². The highest BCUT2D eigenvalue weighted by molar-refractivity contribution is 5.93. The molecule has 39 heavy (non-hydrogen) atoms. The van der Waals surface area contributed by atoms with Gasteiger partial charge in [0.25, 0.3) is 0 Å². The molecule has 2 nitrogen and oxygen atoms in total. The lowest BCUT2D eigenvalue weighted by atomic mass is 9.78. The Labute approximate surface area is 231 Å². The van der Waals surface area contributed by atoms with E-state index < -0.39 is 0 Å². The van der Waals surface area contributed by atoms with E-state index in [-0.39, 0.29) is 5.41 Å². The van der Waals surface area contributed by atoms with Crippen LogP contribution in [0.4, 0.5) is 0 Å². The number of hydrogen-bond acceptors (Lipinski definition) is 0. The van der Waals surface area contributed by atoms with Gasteiger partial charge in [-0.3, -0.25) is 0 Å². The SMILES string of the molecule is C=Cc1c(C)n(-c2ccc(C(C)(C)c3ccc(-n4c(C)c(C=C)c5ccccc54)cc3)cc2)c2ccccc12. The highest BCUT2D eigenvalue weighted by Crippen LogP contribution is 2.36. The zero-order valence-corrected chi connectivity index (χ0v) is 23.2. The summed E-state index contributed by atoms with van der Waals surface area (Å²) < 4.78 is 4.67. The van der Waals surface area contributed by atoms with Crippen LogP contribution in [0.3, 0.4) is 0 Å². The number of benzene rings is 4. The van der Waals surface area contributed by atoms with Crippen molar-refractivity contribution in [3.05, 3.63) is 144 Å². The van der Waals surface area contributed by atoms with Crippen LogP contribution in [0.15, 0.2) is 110 Å². The van der Waals surface area contributed by atoms with Crippen LogP contribution in [0, 0.1) is 13.8 Å². The molecule has 2 aromatic heterocycles. The average molecular weight is 507 g/mol. The fourth-order valence-corrected chi connectivity index (χ4v) is 6.19. The van der Waals surface area contributed by atoms with Gasteiger partial charge in [0.1, 0.15) is 0 Å². The van der Waals surface area contributed by atoms with Gasteiger partial charge in [0.05, 0.1) is 11.0 Å². The van der Waals surface area contributed by atoms with Crippen molar-refractivity contribution in [1.29, 1.82) is 0 Å². The van der Waals surface area contributed by atoms with Gasteiger partial charge in [-0.15, -0.1) is 0 Å². The van der Waals surface area contributed by atoms with Gasteiger partial charge in [-0.2, -0.15) is 0 Å². The summed E-state index contributed by atoms with van der Waals surface area (Å²) in [5.41, 5.74) is 12.0. The Morgan fingerprint density at radius 1 is 0.538 bits per heavy atom. The zero-order valence-electron chi connectivity index (χ0n) is 23.2. The first-order chi connectivity index (χ1) is 18.9. The normalized spacial score (nSPS) is 11.8. The third-order valence-electron chi connectivity index (χ3n) is 8.42. The van der Waals surface area contributed by atoms with Crippen molar-refractivity contribution in [3.63, 3.8) is 0 Å². The molecular formula is C37H34N2. The minimum Gasteiger partial charge on any atom is -0.313 e. The predicted molar refractivity (Wildman–Crippen MR) is 168 cm³/mol. The molecular weight excluding hydrogens is 472 g/mol. The Kier molecular flexibility index (Phi) is 5.92. The molecule has 2 heteroatoms. The Hall–Kier alpha value is -4.56. The monoisotopic (exact) mass is 506 g/mol. The van der Waals surface area contributed by atoms with Crippen molar-refractivity contribution >= 4 is 34.0 Å². The smallest absolute Gasteiger partial charge is 0.0537 e. The van der Waals surface area contributed by atoms with E-state index in [9.17, 15) is 0 Å². The molecule has 4 aromatic carbocycles. The van der Waals surface area contributed by atoms with E-state index in [0.717, 1.165) is 0 Å². The molecule has 0 unspecified atom stereocenters. The van der Waals surface area contributed by atoms with E-state index in [0.29, 0.717) is 0 Å². The van der Waals surface area contributed by atoms with Crippen LogP contribution in [-0.4, -0.2) is 9.13 Å². The number of aromatic nitrogens is 2. The second-order valence-electron chi connectivity index (χ2n) is 10.8. The first-order valence-corrected chi connectivity index (χ1v) is 13.5. The summed E-state index contributed by atoms with van der Waals surface area (Å²) in [5, 5.41) is 2.47. The molecule has 0 aliphatic rings. The fraction of sp³-hybridized carbons (Fsp3) is 0.135. The first-order valence-electron chi connectivity index (χ1n) is 13.5. The molecule has 0 saturated heterocycles. The van der Waals surface area contributed by atoms with Gasteiger partial charge in [0.15, 0.2) is 0 Å². The van der Waals surface area contributed by atoms with E-state index in [2.05, 4.69) is 147 Å². The molecule has 0 amide bonds. The minimum absolute atomic E-state index is 0.142. The number of fused-ring (bicyclic) bond motifs is 2. The molecule has 0 atom stereocenters. The fourth-order valence-electron chi connectivity index (χ4n) is 6.19. The van der Waals surface area contributed by atoms with Crippen LogP contribution in [0.2, 0.25) is 0 Å². The van der Waals surface area contributed by atoms with Gasteiger partial charge >= 0.3 is 0 Å². The summed E-state index contributed by atoms with van der Waals surface area (Å²) in [5.74, 6) is 0. The van der Waals surface area contributed by atoms with Crippen molar-refractivity contribution in [2.24, 2.45) is 0 Å². The molecule has 0 N–H and O–H groups in total. The lowest BCUT2D eigenvalue weighted by Crippen LogP contribution is -2.19. The van der Waals surface area contributed by atoms with Gasteiger partial charge in [0, 0.05) is 50.1 Å². The zero-order chi connectivity index (χ0) is 27.3. The molecule has 0 aliphatic carbocycles. The van der Waals surface area contributed by atoms with E-state index in [1.54, 1.807) is 0 Å². The maximum atomic E-state index is 4.06. The third-order valence-corrected chi connectivity index (χ3v) is 8.42. The van der Waals surface area contributed by atoms with Gasteiger partial charge in [0.2, 0.25) is 0 Å². The highest BCUT2D eigenvalue weighted by Gasteiger charge is 2.24. The third kappa shape index (κ3) is 3.79. The Bertz CT molecular complexity index is 1720. The van der Waals surface area contributed by atoms with Crippen molar-refractivity contribution < 1.29 is 0 Å². The second kappa shape index (κ2) is 9.32. The Balaban J connectivity index is 1.36. The summed E-state index contributed by atoms with van der Waals surface area (Å²) in [4.78, 5) is 0. The maximum absolute atomic E-state index is 4.06. The minimum atomic E-state index is -0.142. The number of para-hydroxylation sites is 2. The molecule has 0 bridgehead atoms. The van der Waals surface area contributed by atoms with Crippen LogP contribution in [0.25, 0.3) is 45.3 Å². The second-order valence-corrected chi connectivity index (χ2v) is 10.8. The molecule has 0 fully saturated rings. The van der Waals surface area contributed by atoms with Crippen molar-refractivity contribution in [3.8, 4) is 11.4 Å². The summed E-state index contributed by atoms with van der Waals surface area (Å²) >= 11 is 0. The quantitative estimate of drug-likeness (QED) is 0.213. The molecule has 6 rings (SSSR count). The lowest BCUT2D eigenvalue weighted by molar-refractivity contribution is 0.640. The summed E-state index contributed by atoms with van der Waals surface area (Å²) in [7, 11) is 0. The maximum Gasteiger partial charge on any atom is 0.0537 e. The van der Waals surface area contributed by atoms with Crippen LogP contribution in [-0.2, 0) is 5.41 Å². The largest absolute Gasteiger partial charge is 0.313 e. The number of rotatable bonds is 6. The van der Waals surface area contributed by atoms with E-state index in [1.165, 1.54) is 66.8 Å². The van der Waals surface area contributed by atoms with Crippen LogP contribution in [0.5, 0.6) is 0 Å². The van der Waals surface area contributed by atoms with Gasteiger partial charge in [-0.25, -0.2) is 0 Å². The average Bonchev–Trinajstić information content (AvgIpc) is 3.42. The molecule has 0 saturated carbocycles.